The molecule has 21 heavy (non-hydrogen) atoms. The molecule has 3 rings (SSSR count). The van der Waals surface area contributed by atoms with E-state index in [1.54, 1.807) is 4.68 Å². The Hall–Kier alpha value is -1.92. The van der Waals surface area contributed by atoms with Crippen molar-refractivity contribution in [2.75, 3.05) is 0 Å². The molecule has 0 aliphatic carbocycles. The number of aromatic nitrogens is 3. The molecule has 1 aliphatic rings. The molecule has 2 amide bonds. The second-order valence-electron chi connectivity index (χ2n) is 4.50. The van der Waals surface area contributed by atoms with Gasteiger partial charge < -0.3 is 0 Å². The van der Waals surface area contributed by atoms with Gasteiger partial charge in [0.1, 0.15) is 12.2 Å². The number of hydrogen-bond donors (Lipinski definition) is 0. The Labute approximate surface area is 130 Å². The summed E-state index contributed by atoms with van der Waals surface area (Å²) in [5.74, 6) is -0.261. The van der Waals surface area contributed by atoms with Crippen molar-refractivity contribution in [3.8, 4) is 0 Å². The second-order valence-corrected chi connectivity index (χ2v) is 5.31. The van der Waals surface area contributed by atoms with Crippen molar-refractivity contribution in [2.24, 2.45) is 0 Å². The molecule has 0 atom stereocenters. The summed E-state index contributed by atoms with van der Waals surface area (Å²) in [6.07, 6.45) is 1.39. The first-order valence-corrected chi connectivity index (χ1v) is 7.00. The number of amides is 2. The fourth-order valence-electron chi connectivity index (χ4n) is 2.24. The third-order valence-corrected chi connectivity index (χ3v) is 4.03. The third-order valence-electron chi connectivity index (χ3n) is 3.31. The van der Waals surface area contributed by atoms with Crippen molar-refractivity contribution >= 4 is 35.0 Å². The first-order chi connectivity index (χ1) is 10.0. The Bertz CT molecular complexity index is 716. The van der Waals surface area contributed by atoms with E-state index >= 15 is 0 Å². The van der Waals surface area contributed by atoms with E-state index in [-0.39, 0.29) is 27.7 Å². The van der Waals surface area contributed by atoms with Crippen LogP contribution < -0.4 is 0 Å². The summed E-state index contributed by atoms with van der Waals surface area (Å²) >= 11 is 11.8. The summed E-state index contributed by atoms with van der Waals surface area (Å²) in [7, 11) is 0. The van der Waals surface area contributed by atoms with E-state index < -0.39 is 11.8 Å². The molecule has 8 heteroatoms. The Morgan fingerprint density at radius 1 is 1.10 bits per heavy atom. The quantitative estimate of drug-likeness (QED) is 0.813. The minimum absolute atomic E-state index is 0.0649. The van der Waals surface area contributed by atoms with Crippen molar-refractivity contribution in [1.82, 2.24) is 19.7 Å². The summed E-state index contributed by atoms with van der Waals surface area (Å²) in [5.41, 5.74) is 0.522. The minimum Gasteiger partial charge on any atom is -0.269 e. The predicted molar refractivity (Wildman–Crippen MR) is 76.4 cm³/mol. The van der Waals surface area contributed by atoms with E-state index in [1.807, 2.05) is 6.92 Å². The average Bonchev–Trinajstić information content (AvgIpc) is 3.00. The number of imide groups is 1. The molecule has 1 aromatic carbocycles. The molecular formula is C13H10Cl2N4O2. The van der Waals surface area contributed by atoms with E-state index in [2.05, 4.69) is 10.1 Å². The Balaban J connectivity index is 1.96. The maximum atomic E-state index is 12.3. The normalized spacial score (nSPS) is 14.0. The molecule has 0 unspecified atom stereocenters. The smallest absolute Gasteiger partial charge is 0.262 e. The Kier molecular flexibility index (Phi) is 3.43. The third kappa shape index (κ3) is 2.20. The van der Waals surface area contributed by atoms with Gasteiger partial charge in [0, 0.05) is 6.54 Å². The van der Waals surface area contributed by atoms with Crippen LogP contribution in [-0.4, -0.2) is 31.5 Å². The number of carbonyl (C=O) groups is 2. The first kappa shape index (κ1) is 14.0. The van der Waals surface area contributed by atoms with Gasteiger partial charge in [-0.1, -0.05) is 23.2 Å². The summed E-state index contributed by atoms with van der Waals surface area (Å²) < 4.78 is 1.63. The van der Waals surface area contributed by atoms with Gasteiger partial charge in [-0.25, -0.2) is 9.67 Å². The first-order valence-electron chi connectivity index (χ1n) is 6.24. The van der Waals surface area contributed by atoms with Crippen molar-refractivity contribution in [2.45, 2.75) is 20.0 Å². The fraction of sp³-hybridized carbons (Fsp3) is 0.231. The largest absolute Gasteiger partial charge is 0.269 e. The van der Waals surface area contributed by atoms with Gasteiger partial charge in [-0.05, 0) is 19.1 Å². The average molecular weight is 325 g/mol. The van der Waals surface area contributed by atoms with Crippen molar-refractivity contribution in [3.63, 3.8) is 0 Å². The topological polar surface area (TPSA) is 68.1 Å². The molecule has 0 radical (unpaired) electrons. The maximum Gasteiger partial charge on any atom is 0.262 e. The van der Waals surface area contributed by atoms with Crippen LogP contribution in [0.5, 0.6) is 0 Å². The maximum absolute atomic E-state index is 12.3. The van der Waals surface area contributed by atoms with Crippen LogP contribution in [0, 0.1) is 0 Å². The number of hydrogen-bond acceptors (Lipinski definition) is 4. The molecule has 2 heterocycles. The lowest BCUT2D eigenvalue weighted by Gasteiger charge is -2.13. The van der Waals surface area contributed by atoms with Gasteiger partial charge in [0.25, 0.3) is 11.8 Å². The van der Waals surface area contributed by atoms with Crippen LogP contribution in [0.15, 0.2) is 18.5 Å². The van der Waals surface area contributed by atoms with Crippen LogP contribution in [0.4, 0.5) is 0 Å². The monoisotopic (exact) mass is 324 g/mol. The van der Waals surface area contributed by atoms with Crippen LogP contribution in [0.2, 0.25) is 10.0 Å². The summed E-state index contributed by atoms with van der Waals surface area (Å²) in [6, 6.07) is 2.84. The molecule has 0 spiro atoms. The van der Waals surface area contributed by atoms with E-state index in [0.29, 0.717) is 12.4 Å². The minimum atomic E-state index is -0.404. The standard InChI is InChI=1S/C13H10Cl2N4O2/c1-2-19-11(16-6-17-19)5-18-12(20)7-3-9(14)10(15)4-8(7)13(18)21/h3-4,6H,2,5H2,1H3. The highest BCUT2D eigenvalue weighted by atomic mass is 35.5. The molecule has 0 saturated heterocycles. The highest BCUT2D eigenvalue weighted by molar-refractivity contribution is 6.43. The number of benzene rings is 1. The van der Waals surface area contributed by atoms with Crippen LogP contribution in [0.3, 0.4) is 0 Å². The van der Waals surface area contributed by atoms with Gasteiger partial charge in [-0.15, -0.1) is 0 Å². The number of rotatable bonds is 3. The van der Waals surface area contributed by atoms with E-state index in [4.69, 9.17) is 23.2 Å². The second kappa shape index (κ2) is 5.13. The van der Waals surface area contributed by atoms with Crippen molar-refractivity contribution in [3.05, 3.63) is 45.5 Å². The lowest BCUT2D eigenvalue weighted by molar-refractivity contribution is 0.0636. The number of carbonyl (C=O) groups excluding carboxylic acids is 2. The van der Waals surface area contributed by atoms with Gasteiger partial charge in [0.05, 0.1) is 27.7 Å². The molecule has 0 bridgehead atoms. The lowest BCUT2D eigenvalue weighted by atomic mass is 10.1. The molecular weight excluding hydrogens is 315 g/mol. The Morgan fingerprint density at radius 2 is 1.67 bits per heavy atom. The fourth-order valence-corrected chi connectivity index (χ4v) is 2.57. The highest BCUT2D eigenvalue weighted by Crippen LogP contribution is 2.31. The highest BCUT2D eigenvalue weighted by Gasteiger charge is 2.37. The van der Waals surface area contributed by atoms with Crippen molar-refractivity contribution < 1.29 is 9.59 Å². The van der Waals surface area contributed by atoms with Crippen LogP contribution in [0.1, 0.15) is 33.5 Å². The molecule has 0 fully saturated rings. The van der Waals surface area contributed by atoms with Crippen LogP contribution in [0.25, 0.3) is 0 Å². The lowest BCUT2D eigenvalue weighted by Crippen LogP contribution is -2.30. The van der Waals surface area contributed by atoms with Crippen LogP contribution in [-0.2, 0) is 13.1 Å². The number of aryl methyl sites for hydroxylation is 1. The van der Waals surface area contributed by atoms with Gasteiger partial charge >= 0.3 is 0 Å². The molecule has 0 N–H and O–H groups in total. The molecule has 2 aromatic rings. The number of halogens is 2. The van der Waals surface area contributed by atoms with E-state index in [9.17, 15) is 9.59 Å². The van der Waals surface area contributed by atoms with E-state index in [0.717, 1.165) is 4.90 Å². The number of nitrogens with zero attached hydrogens (tertiary/aromatic N) is 4. The predicted octanol–water partition coefficient (Wildman–Crippen LogP) is 2.40. The van der Waals surface area contributed by atoms with Gasteiger partial charge in [0.2, 0.25) is 0 Å². The van der Waals surface area contributed by atoms with E-state index in [1.165, 1.54) is 18.5 Å². The summed E-state index contributed by atoms with van der Waals surface area (Å²) in [6.45, 7) is 2.58. The zero-order chi connectivity index (χ0) is 15.1. The zero-order valence-electron chi connectivity index (χ0n) is 11.0. The summed E-state index contributed by atoms with van der Waals surface area (Å²) in [4.78, 5) is 29.9. The molecule has 1 aliphatic heterocycles. The molecule has 6 nitrogen and oxygen atoms in total. The molecule has 1 aromatic heterocycles. The molecule has 0 saturated carbocycles. The van der Waals surface area contributed by atoms with Gasteiger partial charge in [-0.3, -0.25) is 14.5 Å². The molecule has 108 valence electrons. The zero-order valence-corrected chi connectivity index (χ0v) is 12.5. The van der Waals surface area contributed by atoms with Crippen molar-refractivity contribution in [1.29, 1.82) is 0 Å². The Morgan fingerprint density at radius 3 is 2.19 bits per heavy atom. The van der Waals surface area contributed by atoms with Crippen LogP contribution >= 0.6 is 23.2 Å². The number of fused-ring (bicyclic) bond motifs is 1. The summed E-state index contributed by atoms with van der Waals surface area (Å²) in [5, 5.41) is 4.51. The SMILES string of the molecule is CCn1ncnc1CN1C(=O)c2cc(Cl)c(Cl)cc2C1=O. The van der Waals surface area contributed by atoms with Gasteiger partial charge in [0.15, 0.2) is 0 Å². The van der Waals surface area contributed by atoms with Gasteiger partial charge in [-0.2, -0.15) is 5.10 Å².